The van der Waals surface area contributed by atoms with E-state index in [2.05, 4.69) is 20.6 Å². The first-order valence-corrected chi connectivity index (χ1v) is 9.63. The van der Waals surface area contributed by atoms with Gasteiger partial charge in [-0.15, -0.1) is 0 Å². The number of amides is 1. The van der Waals surface area contributed by atoms with Gasteiger partial charge in [-0.2, -0.15) is 9.97 Å². The van der Waals surface area contributed by atoms with Crippen molar-refractivity contribution in [1.82, 2.24) is 15.3 Å². The van der Waals surface area contributed by atoms with Crippen molar-refractivity contribution in [2.75, 3.05) is 23.3 Å². The molecular weight excluding hydrogens is 420 g/mol. The second kappa shape index (κ2) is 9.64. The number of rotatable bonds is 10. The number of carboxylic acids is 2. The number of nitrogens with two attached hydrogens (primary N) is 2. The number of hydrogen-bond acceptors (Lipinski definition) is 9. The van der Waals surface area contributed by atoms with Gasteiger partial charge >= 0.3 is 11.9 Å². The maximum absolute atomic E-state index is 12.3. The number of aromatic nitrogens is 2. The summed E-state index contributed by atoms with van der Waals surface area (Å²) in [6.07, 6.45) is 1.54. The number of carboxylic acid groups (broad SMARTS) is 2. The molecule has 8 N–H and O–H groups in total. The van der Waals surface area contributed by atoms with E-state index in [0.29, 0.717) is 24.1 Å². The first-order chi connectivity index (χ1) is 15.2. The highest BCUT2D eigenvalue weighted by Crippen LogP contribution is 2.25. The molecule has 32 heavy (non-hydrogen) atoms. The van der Waals surface area contributed by atoms with E-state index in [4.69, 9.17) is 26.1 Å². The Morgan fingerprint density at radius 2 is 1.81 bits per heavy atom. The van der Waals surface area contributed by atoms with Crippen molar-refractivity contribution in [3.8, 4) is 0 Å². The van der Waals surface area contributed by atoms with Crippen LogP contribution in [-0.4, -0.2) is 50.6 Å². The summed E-state index contributed by atoms with van der Waals surface area (Å²) in [5, 5.41) is 24.0. The van der Waals surface area contributed by atoms with Crippen LogP contribution < -0.4 is 22.1 Å². The third-order valence-corrected chi connectivity index (χ3v) is 4.68. The van der Waals surface area contributed by atoms with E-state index in [9.17, 15) is 14.4 Å². The number of hydrogen-bond donors (Lipinski definition) is 6. The highest BCUT2D eigenvalue weighted by atomic mass is 16.4. The van der Waals surface area contributed by atoms with Crippen LogP contribution in [0.5, 0.6) is 0 Å². The van der Waals surface area contributed by atoms with Crippen molar-refractivity contribution in [2.24, 2.45) is 0 Å². The van der Waals surface area contributed by atoms with Crippen LogP contribution in [0.1, 0.15) is 28.8 Å². The van der Waals surface area contributed by atoms with Crippen molar-refractivity contribution in [2.45, 2.75) is 25.3 Å². The van der Waals surface area contributed by atoms with E-state index < -0.39 is 23.9 Å². The molecule has 0 saturated carbocycles. The first-order valence-electron chi connectivity index (χ1n) is 9.63. The number of anilines is 3. The summed E-state index contributed by atoms with van der Waals surface area (Å²) in [4.78, 5) is 42.1. The largest absolute Gasteiger partial charge is 0.481 e. The Balaban J connectivity index is 1.56. The van der Waals surface area contributed by atoms with Crippen LogP contribution in [0.15, 0.2) is 34.9 Å². The minimum atomic E-state index is -1.29. The van der Waals surface area contributed by atoms with Gasteiger partial charge in [0.05, 0.1) is 11.6 Å². The Labute approximate surface area is 181 Å². The molecule has 0 spiro atoms. The van der Waals surface area contributed by atoms with Crippen molar-refractivity contribution in [3.63, 3.8) is 0 Å². The van der Waals surface area contributed by atoms with Gasteiger partial charge in [-0.25, -0.2) is 4.79 Å². The Morgan fingerprint density at radius 3 is 2.47 bits per heavy atom. The number of nitrogens with zero attached hydrogens (tertiary/aromatic N) is 2. The first kappa shape index (κ1) is 22.3. The molecule has 0 bridgehead atoms. The molecule has 0 radical (unpaired) electrons. The van der Waals surface area contributed by atoms with Crippen LogP contribution in [0.3, 0.4) is 0 Å². The van der Waals surface area contributed by atoms with E-state index >= 15 is 0 Å². The number of fused-ring (bicyclic) bond motifs is 1. The van der Waals surface area contributed by atoms with E-state index in [1.807, 2.05) is 0 Å². The van der Waals surface area contributed by atoms with Crippen molar-refractivity contribution < 1.29 is 29.0 Å². The minimum absolute atomic E-state index is 0.0368. The lowest BCUT2D eigenvalue weighted by Gasteiger charge is -2.14. The van der Waals surface area contributed by atoms with Crippen LogP contribution in [-0.2, 0) is 16.0 Å². The smallest absolute Gasteiger partial charge is 0.326 e. The molecule has 1 atom stereocenters. The van der Waals surface area contributed by atoms with Gasteiger partial charge in [0.1, 0.15) is 11.9 Å². The zero-order valence-electron chi connectivity index (χ0n) is 16.9. The van der Waals surface area contributed by atoms with Gasteiger partial charge in [-0.3, -0.25) is 9.59 Å². The summed E-state index contributed by atoms with van der Waals surface area (Å²) in [5.41, 5.74) is 13.6. The molecule has 3 aromatic rings. The van der Waals surface area contributed by atoms with Crippen LogP contribution in [0.25, 0.3) is 11.1 Å². The van der Waals surface area contributed by atoms with E-state index in [-0.39, 0.29) is 30.2 Å². The third-order valence-electron chi connectivity index (χ3n) is 4.68. The van der Waals surface area contributed by atoms with Crippen molar-refractivity contribution in [1.29, 1.82) is 0 Å². The topological polar surface area (TPSA) is 207 Å². The molecule has 12 heteroatoms. The van der Waals surface area contributed by atoms with E-state index in [1.165, 1.54) is 12.1 Å². The van der Waals surface area contributed by atoms with Crippen LogP contribution >= 0.6 is 0 Å². The fraction of sp³-hybridized carbons (Fsp3) is 0.250. The Kier molecular flexibility index (Phi) is 6.73. The van der Waals surface area contributed by atoms with Crippen molar-refractivity contribution >= 4 is 46.4 Å². The van der Waals surface area contributed by atoms with Gasteiger partial charge in [0.15, 0.2) is 0 Å². The van der Waals surface area contributed by atoms with E-state index in [1.54, 1.807) is 18.4 Å². The third kappa shape index (κ3) is 5.41. The number of carbonyl (C=O) groups is 3. The molecule has 0 aliphatic carbocycles. The predicted octanol–water partition coefficient (Wildman–Crippen LogP) is 1.09. The molecule has 2 aromatic heterocycles. The van der Waals surface area contributed by atoms with Crippen LogP contribution in [0, 0.1) is 0 Å². The second-order valence-electron chi connectivity index (χ2n) is 6.96. The lowest BCUT2D eigenvalue weighted by Crippen LogP contribution is -2.41. The van der Waals surface area contributed by atoms with Gasteiger partial charge < -0.3 is 36.7 Å². The monoisotopic (exact) mass is 442 g/mol. The fourth-order valence-corrected chi connectivity index (χ4v) is 3.08. The van der Waals surface area contributed by atoms with Gasteiger partial charge in [-0.05, 0) is 37.1 Å². The normalized spacial score (nSPS) is 11.8. The molecule has 1 amide bonds. The molecule has 0 saturated heterocycles. The Bertz CT molecular complexity index is 1140. The quantitative estimate of drug-likeness (QED) is 0.262. The highest BCUT2D eigenvalue weighted by molar-refractivity contribution is 5.97. The maximum atomic E-state index is 12.3. The Hall–Kier alpha value is -4.35. The molecule has 1 unspecified atom stereocenters. The fourth-order valence-electron chi connectivity index (χ4n) is 3.08. The van der Waals surface area contributed by atoms with Gasteiger partial charge in [0, 0.05) is 29.8 Å². The Morgan fingerprint density at radius 1 is 1.09 bits per heavy atom. The number of nitrogens with one attached hydrogen (secondary N) is 2. The summed E-state index contributed by atoms with van der Waals surface area (Å²) in [7, 11) is 0. The number of nitrogen functional groups attached to an aromatic ring is 2. The number of carbonyl (C=O) groups excluding carboxylic acids is 1. The number of benzene rings is 1. The summed E-state index contributed by atoms with van der Waals surface area (Å²) in [5.74, 6) is -2.75. The average Bonchev–Trinajstić information content (AvgIpc) is 3.14. The maximum Gasteiger partial charge on any atom is 0.326 e. The number of aliphatic carboxylic acids is 2. The van der Waals surface area contributed by atoms with Crippen LogP contribution in [0.2, 0.25) is 0 Å². The van der Waals surface area contributed by atoms with Gasteiger partial charge in [0.2, 0.25) is 11.7 Å². The van der Waals surface area contributed by atoms with Crippen molar-refractivity contribution in [3.05, 3.63) is 41.7 Å². The second-order valence-corrected chi connectivity index (χ2v) is 6.96. The molecule has 1 aromatic carbocycles. The summed E-state index contributed by atoms with van der Waals surface area (Å²) >= 11 is 0. The summed E-state index contributed by atoms with van der Waals surface area (Å²) < 4.78 is 5.38. The molecule has 168 valence electrons. The average molecular weight is 442 g/mol. The predicted molar refractivity (Wildman–Crippen MR) is 115 cm³/mol. The molecule has 3 rings (SSSR count). The zero-order chi connectivity index (χ0) is 23.3. The molecule has 12 nitrogen and oxygen atoms in total. The lowest BCUT2D eigenvalue weighted by molar-refractivity contribution is -0.140. The molecular formula is C20H22N6O6. The molecule has 0 aliphatic rings. The summed E-state index contributed by atoms with van der Waals surface area (Å²) in [6, 6.07) is 5.14. The SMILES string of the molecule is Nc1nc(N)c2c(CCNc3ccc(C(=O)NC(CCC(=O)O)C(=O)O)cc3)coc2n1. The molecule has 2 heterocycles. The van der Waals surface area contributed by atoms with Crippen LogP contribution in [0.4, 0.5) is 17.5 Å². The number of furan rings is 1. The molecule has 0 aliphatic heterocycles. The van der Waals surface area contributed by atoms with Gasteiger partial charge in [-0.1, -0.05) is 0 Å². The molecule has 0 fully saturated rings. The lowest BCUT2D eigenvalue weighted by atomic mass is 10.1. The minimum Gasteiger partial charge on any atom is -0.481 e. The summed E-state index contributed by atoms with van der Waals surface area (Å²) in [6.45, 7) is 0.528. The standard InChI is InChI=1S/C20H22N6O6/c21-16-15-11(9-32-18(15)26-20(22)25-16)7-8-23-12-3-1-10(2-4-12)17(29)24-13(19(30)31)5-6-14(27)28/h1-4,9,13,23H,5-8H2,(H,24,29)(H,27,28)(H,30,31)(H4,21,22,25,26). The van der Waals surface area contributed by atoms with E-state index in [0.717, 1.165) is 11.3 Å². The van der Waals surface area contributed by atoms with Gasteiger partial charge in [0.25, 0.3) is 5.91 Å². The highest BCUT2D eigenvalue weighted by Gasteiger charge is 2.21. The zero-order valence-corrected chi connectivity index (χ0v) is 16.9.